The van der Waals surface area contributed by atoms with Crippen molar-refractivity contribution in [1.29, 1.82) is 0 Å². The van der Waals surface area contributed by atoms with E-state index in [-0.39, 0.29) is 17.7 Å². The minimum Gasteiger partial charge on any atom is -0.356 e. The molecule has 0 aromatic carbocycles. The molecule has 0 radical (unpaired) electrons. The Bertz CT molecular complexity index is 345. The molecule has 0 spiro atoms. The molecule has 23 heavy (non-hydrogen) atoms. The van der Waals surface area contributed by atoms with Gasteiger partial charge in [0.25, 0.3) is 0 Å². The highest BCUT2D eigenvalue weighted by Gasteiger charge is 2.37. The highest BCUT2D eigenvalue weighted by Crippen LogP contribution is 2.27. The summed E-state index contributed by atoms with van der Waals surface area (Å²) in [7, 11) is 0. The van der Waals surface area contributed by atoms with E-state index in [2.05, 4.69) is 10.6 Å². The third-order valence-electron chi connectivity index (χ3n) is 4.41. The van der Waals surface area contributed by atoms with Gasteiger partial charge >= 0.3 is 0 Å². The predicted octanol–water partition coefficient (Wildman–Crippen LogP) is 1.14. The van der Waals surface area contributed by atoms with Crippen molar-refractivity contribution in [1.82, 2.24) is 10.6 Å². The number of rotatable bonds is 13. The van der Waals surface area contributed by atoms with Crippen LogP contribution < -0.4 is 22.1 Å². The molecule has 6 nitrogen and oxygen atoms in total. The Hall–Kier alpha value is -1.14. The molecule has 0 saturated heterocycles. The lowest BCUT2D eigenvalue weighted by molar-refractivity contribution is -0.139. The lowest BCUT2D eigenvalue weighted by Crippen LogP contribution is -2.47. The largest absolute Gasteiger partial charge is 0.356 e. The van der Waals surface area contributed by atoms with Crippen LogP contribution in [0.5, 0.6) is 0 Å². The lowest BCUT2D eigenvalue weighted by atomic mass is 9.78. The molecule has 0 heterocycles. The van der Waals surface area contributed by atoms with Crippen LogP contribution in [0, 0.1) is 11.3 Å². The van der Waals surface area contributed by atoms with Crippen molar-refractivity contribution >= 4 is 11.8 Å². The summed E-state index contributed by atoms with van der Waals surface area (Å²) in [5, 5.41) is 5.84. The van der Waals surface area contributed by atoms with Crippen LogP contribution >= 0.6 is 0 Å². The third kappa shape index (κ3) is 8.91. The van der Waals surface area contributed by atoms with E-state index in [1.807, 2.05) is 20.8 Å². The Kier molecular flexibility index (Phi) is 11.7. The molecule has 6 heteroatoms. The number of nitrogens with one attached hydrogen (secondary N) is 2. The molecule has 2 amide bonds. The number of hydrogen-bond donors (Lipinski definition) is 4. The Morgan fingerprint density at radius 2 is 1.35 bits per heavy atom. The van der Waals surface area contributed by atoms with E-state index in [4.69, 9.17) is 11.5 Å². The summed E-state index contributed by atoms with van der Waals surface area (Å²) in [5.74, 6) is -0.516. The van der Waals surface area contributed by atoms with Gasteiger partial charge in [0, 0.05) is 19.0 Å². The first-order valence-corrected chi connectivity index (χ1v) is 8.84. The molecule has 6 N–H and O–H groups in total. The minimum atomic E-state index is -0.727. The summed E-state index contributed by atoms with van der Waals surface area (Å²) in [6.07, 6.45) is 5.81. The molecule has 0 aliphatic rings. The lowest BCUT2D eigenvalue weighted by Gasteiger charge is -2.29. The van der Waals surface area contributed by atoms with Crippen molar-refractivity contribution in [3.63, 3.8) is 0 Å². The number of carbonyl (C=O) groups excluding carboxylic acids is 2. The van der Waals surface area contributed by atoms with Gasteiger partial charge in [0.15, 0.2) is 0 Å². The summed E-state index contributed by atoms with van der Waals surface area (Å²) in [5.41, 5.74) is 10.2. The van der Waals surface area contributed by atoms with Crippen LogP contribution in [0.25, 0.3) is 0 Å². The highest BCUT2D eigenvalue weighted by molar-refractivity contribution is 5.89. The van der Waals surface area contributed by atoms with Gasteiger partial charge in [-0.25, -0.2) is 0 Å². The molecule has 0 aromatic heterocycles. The molecule has 0 saturated carbocycles. The molecule has 0 aliphatic carbocycles. The predicted molar refractivity (Wildman–Crippen MR) is 94.8 cm³/mol. The monoisotopic (exact) mass is 328 g/mol. The van der Waals surface area contributed by atoms with Crippen LogP contribution in [0.3, 0.4) is 0 Å². The number of amides is 2. The zero-order valence-electron chi connectivity index (χ0n) is 15.1. The Morgan fingerprint density at radius 1 is 0.870 bits per heavy atom. The highest BCUT2D eigenvalue weighted by atomic mass is 16.2. The fourth-order valence-electron chi connectivity index (χ4n) is 2.21. The van der Waals surface area contributed by atoms with Crippen molar-refractivity contribution in [3.8, 4) is 0 Å². The van der Waals surface area contributed by atoms with Crippen molar-refractivity contribution in [2.75, 3.05) is 26.2 Å². The fourth-order valence-corrected chi connectivity index (χ4v) is 2.21. The normalized spacial score (nSPS) is 12.7. The average molecular weight is 329 g/mol. The first-order valence-electron chi connectivity index (χ1n) is 8.84. The minimum absolute atomic E-state index is 0.0685. The van der Waals surface area contributed by atoms with Crippen molar-refractivity contribution in [3.05, 3.63) is 0 Å². The molecule has 0 rings (SSSR count). The van der Waals surface area contributed by atoms with E-state index in [1.54, 1.807) is 0 Å². The van der Waals surface area contributed by atoms with E-state index in [1.165, 1.54) is 0 Å². The van der Waals surface area contributed by atoms with Crippen LogP contribution in [0.2, 0.25) is 0 Å². The smallest absolute Gasteiger partial charge is 0.226 e. The zero-order chi connectivity index (χ0) is 17.7. The molecule has 136 valence electrons. The van der Waals surface area contributed by atoms with Crippen molar-refractivity contribution in [2.45, 2.75) is 59.3 Å². The van der Waals surface area contributed by atoms with Crippen molar-refractivity contribution in [2.24, 2.45) is 22.8 Å². The van der Waals surface area contributed by atoms with E-state index in [0.29, 0.717) is 26.2 Å². The topological polar surface area (TPSA) is 110 Å². The number of nitrogens with two attached hydrogens (primary N) is 2. The zero-order valence-corrected chi connectivity index (χ0v) is 15.1. The van der Waals surface area contributed by atoms with Crippen molar-refractivity contribution < 1.29 is 9.59 Å². The summed E-state index contributed by atoms with van der Waals surface area (Å²) in [6, 6.07) is 0. The summed E-state index contributed by atoms with van der Waals surface area (Å²) < 4.78 is 0. The Labute approximate surface area is 141 Å². The van der Waals surface area contributed by atoms with Gasteiger partial charge in [0.2, 0.25) is 11.8 Å². The van der Waals surface area contributed by atoms with Crippen LogP contribution in [0.1, 0.15) is 59.3 Å². The van der Waals surface area contributed by atoms with Gasteiger partial charge in [0.1, 0.15) is 0 Å². The molecule has 1 atom stereocenters. The molecular weight excluding hydrogens is 292 g/mol. The fraction of sp³-hybridized carbons (Fsp3) is 0.882. The number of unbranched alkanes of at least 4 members (excludes halogenated alkanes) is 4. The molecule has 0 bridgehead atoms. The van der Waals surface area contributed by atoms with Crippen LogP contribution in [0.4, 0.5) is 0 Å². The van der Waals surface area contributed by atoms with E-state index >= 15 is 0 Å². The Balaban J connectivity index is 4.16. The molecule has 0 aromatic rings. The van der Waals surface area contributed by atoms with Gasteiger partial charge in [-0.05, 0) is 38.8 Å². The van der Waals surface area contributed by atoms with Crippen LogP contribution in [-0.4, -0.2) is 38.0 Å². The number of carbonyl (C=O) groups is 2. The quantitative estimate of drug-likeness (QED) is 0.380. The SMILES string of the molecule is CC(C(=O)NCCCCCN)C(C)(C)C(=O)NCCCCCN. The van der Waals surface area contributed by atoms with Gasteiger partial charge in [-0.2, -0.15) is 0 Å². The summed E-state index contributed by atoms with van der Waals surface area (Å²) in [6.45, 7) is 8.09. The van der Waals surface area contributed by atoms with E-state index < -0.39 is 5.41 Å². The van der Waals surface area contributed by atoms with Gasteiger partial charge in [-0.15, -0.1) is 0 Å². The maximum atomic E-state index is 12.3. The first kappa shape index (κ1) is 21.9. The summed E-state index contributed by atoms with van der Waals surface area (Å²) in [4.78, 5) is 24.5. The van der Waals surface area contributed by atoms with Crippen LogP contribution in [0.15, 0.2) is 0 Å². The van der Waals surface area contributed by atoms with Gasteiger partial charge < -0.3 is 22.1 Å². The van der Waals surface area contributed by atoms with E-state index in [9.17, 15) is 9.59 Å². The van der Waals surface area contributed by atoms with Gasteiger partial charge in [-0.3, -0.25) is 9.59 Å². The average Bonchev–Trinajstić information content (AvgIpc) is 2.53. The second-order valence-electron chi connectivity index (χ2n) is 6.69. The first-order chi connectivity index (χ1) is 10.9. The third-order valence-corrected chi connectivity index (χ3v) is 4.41. The molecule has 0 fully saturated rings. The second-order valence-corrected chi connectivity index (χ2v) is 6.69. The maximum absolute atomic E-state index is 12.3. The molecule has 0 aliphatic heterocycles. The molecular formula is C17H36N4O2. The van der Waals surface area contributed by atoms with Crippen LogP contribution in [-0.2, 0) is 9.59 Å². The number of hydrogen-bond acceptors (Lipinski definition) is 4. The maximum Gasteiger partial charge on any atom is 0.226 e. The van der Waals surface area contributed by atoms with E-state index in [0.717, 1.165) is 38.5 Å². The standard InChI is InChI=1S/C17H36N4O2/c1-14(15(22)20-12-8-4-6-10-18)17(2,3)16(23)21-13-9-5-7-11-19/h14H,4-13,18-19H2,1-3H3,(H,20,22)(H,21,23). The van der Waals surface area contributed by atoms with Gasteiger partial charge in [-0.1, -0.05) is 33.6 Å². The molecule has 1 unspecified atom stereocenters. The summed E-state index contributed by atoms with van der Waals surface area (Å²) >= 11 is 0. The second kappa shape index (κ2) is 12.3. The Morgan fingerprint density at radius 3 is 1.83 bits per heavy atom. The van der Waals surface area contributed by atoms with Gasteiger partial charge in [0.05, 0.1) is 5.41 Å².